The first kappa shape index (κ1) is 25.9. The molecule has 1 N–H and O–H groups in total. The summed E-state index contributed by atoms with van der Waals surface area (Å²) < 4.78 is 6.54. The van der Waals surface area contributed by atoms with Crippen LogP contribution in [0.25, 0.3) is 0 Å². The van der Waals surface area contributed by atoms with E-state index in [4.69, 9.17) is 4.42 Å². The maximum absolute atomic E-state index is 14.0. The highest BCUT2D eigenvalue weighted by Crippen LogP contribution is 2.37. The maximum Gasteiger partial charge on any atom is 0.334 e. The van der Waals surface area contributed by atoms with Crippen molar-refractivity contribution < 1.29 is 18.9 Å². The molecule has 0 spiro atoms. The minimum atomic E-state index is -1.18. The largest absolute Gasteiger partial charge is 0.467 e. The van der Waals surface area contributed by atoms with Crippen LogP contribution in [0.2, 0.25) is 0 Å². The number of nitro groups is 1. The number of benzene rings is 1. The fourth-order valence-electron chi connectivity index (χ4n) is 5.05. The average molecular weight is 507 g/mol. The smallest absolute Gasteiger partial charge is 0.334 e. The second-order valence-corrected chi connectivity index (χ2v) is 9.46. The Hall–Kier alpha value is -4.21. The summed E-state index contributed by atoms with van der Waals surface area (Å²) in [5, 5.41) is 14.3. The molecule has 1 aromatic carbocycles. The summed E-state index contributed by atoms with van der Waals surface area (Å²) in [5.74, 6) is -0.307. The van der Waals surface area contributed by atoms with Gasteiger partial charge in [0.1, 0.15) is 17.8 Å². The first-order valence-electron chi connectivity index (χ1n) is 12.3. The van der Waals surface area contributed by atoms with Crippen LogP contribution in [0, 0.1) is 24.0 Å². The molecule has 37 heavy (non-hydrogen) atoms. The van der Waals surface area contributed by atoms with Crippen molar-refractivity contribution in [1.29, 1.82) is 0 Å². The zero-order valence-corrected chi connectivity index (χ0v) is 20.9. The summed E-state index contributed by atoms with van der Waals surface area (Å²) in [5.41, 5.74) is -0.152. The fourth-order valence-corrected chi connectivity index (χ4v) is 5.05. The number of hydrogen-bond donors (Lipinski definition) is 1. The van der Waals surface area contributed by atoms with E-state index >= 15 is 0 Å². The number of furan rings is 1. The lowest BCUT2D eigenvalue weighted by Crippen LogP contribution is -2.60. The molecule has 0 aliphatic heterocycles. The molecule has 10 heteroatoms. The summed E-state index contributed by atoms with van der Waals surface area (Å²) in [4.78, 5) is 52.5. The Morgan fingerprint density at radius 3 is 2.41 bits per heavy atom. The Morgan fingerprint density at radius 2 is 1.78 bits per heavy atom. The zero-order chi connectivity index (χ0) is 26.6. The molecule has 3 aromatic rings. The van der Waals surface area contributed by atoms with Crippen molar-refractivity contribution >= 4 is 23.2 Å². The van der Waals surface area contributed by atoms with E-state index in [0.717, 1.165) is 41.0 Å². The third-order valence-electron chi connectivity index (χ3n) is 7.04. The molecule has 0 unspecified atom stereocenters. The minimum Gasteiger partial charge on any atom is -0.467 e. The van der Waals surface area contributed by atoms with Gasteiger partial charge < -0.3 is 19.2 Å². The van der Waals surface area contributed by atoms with Crippen LogP contribution < -0.4 is 10.9 Å². The molecule has 2 amide bonds. The topological polar surface area (TPSA) is 128 Å². The molecule has 0 atom stereocenters. The number of hydrogen-bond acceptors (Lipinski definition) is 6. The van der Waals surface area contributed by atoms with Gasteiger partial charge in [0.15, 0.2) is 0 Å². The lowest BCUT2D eigenvalue weighted by molar-refractivity contribution is -0.386. The predicted molar refractivity (Wildman–Crippen MR) is 137 cm³/mol. The van der Waals surface area contributed by atoms with Crippen molar-refractivity contribution in [3.63, 3.8) is 0 Å². The molecule has 4 rings (SSSR count). The number of para-hydroxylation sites is 1. The van der Waals surface area contributed by atoms with Crippen LogP contribution in [0.1, 0.15) is 49.0 Å². The third kappa shape index (κ3) is 5.32. The lowest BCUT2D eigenvalue weighted by Gasteiger charge is -2.45. The van der Waals surface area contributed by atoms with E-state index in [1.807, 2.05) is 32.0 Å². The maximum atomic E-state index is 14.0. The van der Waals surface area contributed by atoms with Crippen molar-refractivity contribution in [2.45, 2.75) is 64.6 Å². The molecular weight excluding hydrogens is 476 g/mol. The first-order valence-corrected chi connectivity index (χ1v) is 12.3. The number of aromatic nitrogens is 1. The van der Waals surface area contributed by atoms with Crippen LogP contribution in [-0.4, -0.2) is 31.7 Å². The van der Waals surface area contributed by atoms with Gasteiger partial charge in [-0.2, -0.15) is 0 Å². The van der Waals surface area contributed by atoms with Crippen molar-refractivity contribution in [2.24, 2.45) is 0 Å². The highest BCUT2D eigenvalue weighted by Gasteiger charge is 2.47. The summed E-state index contributed by atoms with van der Waals surface area (Å²) in [7, 11) is 0. The molecule has 10 nitrogen and oxygen atoms in total. The average Bonchev–Trinajstić information content (AvgIpc) is 3.39. The van der Waals surface area contributed by atoms with Gasteiger partial charge in [0.2, 0.25) is 11.8 Å². The molecule has 1 aliphatic carbocycles. The fraction of sp³-hybridized carbons (Fsp3) is 0.370. The normalized spacial score (nSPS) is 14.6. The lowest BCUT2D eigenvalue weighted by atomic mass is 9.79. The van der Waals surface area contributed by atoms with E-state index in [2.05, 4.69) is 5.32 Å². The second-order valence-electron chi connectivity index (χ2n) is 9.46. The van der Waals surface area contributed by atoms with E-state index < -0.39 is 34.2 Å². The van der Waals surface area contributed by atoms with Gasteiger partial charge in [0, 0.05) is 18.0 Å². The number of anilines is 1. The van der Waals surface area contributed by atoms with Gasteiger partial charge in [-0.3, -0.25) is 24.5 Å². The number of pyridine rings is 1. The number of nitrogens with one attached hydrogen (secondary N) is 1. The van der Waals surface area contributed by atoms with Gasteiger partial charge in [0.25, 0.3) is 0 Å². The van der Waals surface area contributed by atoms with Gasteiger partial charge in [-0.15, -0.1) is 0 Å². The van der Waals surface area contributed by atoms with Crippen molar-refractivity contribution in [3.8, 4) is 0 Å². The predicted octanol–water partition coefficient (Wildman–Crippen LogP) is 4.34. The Labute approximate surface area is 214 Å². The van der Waals surface area contributed by atoms with Crippen LogP contribution in [0.4, 0.5) is 11.4 Å². The van der Waals surface area contributed by atoms with Gasteiger partial charge in [-0.25, -0.2) is 0 Å². The van der Waals surface area contributed by atoms with Gasteiger partial charge in [-0.05, 0) is 56.0 Å². The van der Waals surface area contributed by atoms with Gasteiger partial charge >= 0.3 is 11.2 Å². The Balaban J connectivity index is 1.74. The van der Waals surface area contributed by atoms with Gasteiger partial charge in [0.05, 0.1) is 17.7 Å². The molecule has 0 saturated heterocycles. The van der Waals surface area contributed by atoms with E-state index in [0.29, 0.717) is 24.3 Å². The Bertz CT molecular complexity index is 1340. The minimum absolute atomic E-state index is 0.0235. The number of aryl methyl sites for hydroxylation is 2. The Kier molecular flexibility index (Phi) is 7.56. The summed E-state index contributed by atoms with van der Waals surface area (Å²) in [6.07, 6.45) is 6.15. The molecule has 1 aliphatic rings. The van der Waals surface area contributed by atoms with Crippen LogP contribution in [0.5, 0.6) is 0 Å². The van der Waals surface area contributed by atoms with Crippen molar-refractivity contribution in [3.05, 3.63) is 92.3 Å². The Morgan fingerprint density at radius 1 is 1.08 bits per heavy atom. The van der Waals surface area contributed by atoms with Crippen LogP contribution >= 0.6 is 0 Å². The van der Waals surface area contributed by atoms with Crippen LogP contribution in [0.3, 0.4) is 0 Å². The molecule has 194 valence electrons. The van der Waals surface area contributed by atoms with E-state index in [-0.39, 0.29) is 12.5 Å². The molecule has 1 fully saturated rings. The molecular formula is C27H30N4O6. The SMILES string of the molecule is Cc1cccc(C)c1NC(=O)C1(N(Cc2ccco2)C(=O)Cn2cccc([N+](=O)[O-])c2=O)CCCCC1. The van der Waals surface area contributed by atoms with Crippen molar-refractivity contribution in [2.75, 3.05) is 5.32 Å². The molecule has 1 saturated carbocycles. The standard InChI is InChI=1S/C27H30N4O6/c1-19-9-6-10-20(2)24(19)28-26(34)27(13-4-3-5-14-27)30(17-21-11-8-16-37-21)23(32)18-29-15-7-12-22(25(29)33)31(35)36/h6-12,15-16H,3-5,13-14,17-18H2,1-2H3,(H,28,34). The zero-order valence-electron chi connectivity index (χ0n) is 20.9. The summed E-state index contributed by atoms with van der Waals surface area (Å²) in [6, 6.07) is 11.6. The number of amides is 2. The van der Waals surface area contributed by atoms with Crippen LogP contribution in [0.15, 0.2) is 64.1 Å². The highest BCUT2D eigenvalue weighted by molar-refractivity contribution is 6.01. The number of carbonyl (C=O) groups is 2. The molecule has 0 radical (unpaired) electrons. The van der Waals surface area contributed by atoms with E-state index in [1.165, 1.54) is 23.4 Å². The first-order chi connectivity index (χ1) is 17.7. The highest BCUT2D eigenvalue weighted by atomic mass is 16.6. The third-order valence-corrected chi connectivity index (χ3v) is 7.04. The van der Waals surface area contributed by atoms with Crippen molar-refractivity contribution in [1.82, 2.24) is 9.47 Å². The number of rotatable bonds is 8. The summed E-state index contributed by atoms with van der Waals surface area (Å²) >= 11 is 0. The number of carbonyl (C=O) groups excluding carboxylic acids is 2. The molecule has 0 bridgehead atoms. The number of nitrogens with zero attached hydrogens (tertiary/aromatic N) is 3. The van der Waals surface area contributed by atoms with Crippen LogP contribution in [-0.2, 0) is 22.7 Å². The monoisotopic (exact) mass is 506 g/mol. The quantitative estimate of drug-likeness (QED) is 0.358. The molecule has 2 heterocycles. The molecule has 2 aromatic heterocycles. The van der Waals surface area contributed by atoms with E-state index in [1.54, 1.807) is 12.1 Å². The van der Waals surface area contributed by atoms with Gasteiger partial charge in [-0.1, -0.05) is 37.5 Å². The second kappa shape index (κ2) is 10.8. The summed E-state index contributed by atoms with van der Waals surface area (Å²) in [6.45, 7) is 3.41. The van der Waals surface area contributed by atoms with E-state index in [9.17, 15) is 24.5 Å².